The average molecular weight is 331 g/mol. The van der Waals surface area contributed by atoms with Gasteiger partial charge in [0, 0.05) is 38.7 Å². The van der Waals surface area contributed by atoms with Crippen molar-refractivity contribution in [1.82, 2.24) is 9.80 Å². The molecule has 0 aliphatic carbocycles. The monoisotopic (exact) mass is 330 g/mol. The summed E-state index contributed by atoms with van der Waals surface area (Å²) >= 11 is 3.65. The molecule has 2 heterocycles. The molecule has 0 N–H and O–H groups in total. The highest BCUT2D eigenvalue weighted by Gasteiger charge is 2.18. The van der Waals surface area contributed by atoms with Gasteiger partial charge < -0.3 is 9.80 Å². The van der Waals surface area contributed by atoms with E-state index in [2.05, 4.69) is 40.8 Å². The standard InChI is InChI=1S/C10H18N4S2.2ClH/c1-8(11-9-13(2)4-6-15-9)12-10-14(3)5-7-16-10;;/h8H,4-7H2,1-3H3;2*1H/b11-9-,12-10-;;. The third-order valence-electron chi connectivity index (χ3n) is 2.56. The Balaban J connectivity index is 0.00000144. The second-order valence-corrected chi connectivity index (χ2v) is 6.12. The summed E-state index contributed by atoms with van der Waals surface area (Å²) in [5.41, 5.74) is 0. The minimum absolute atomic E-state index is 0. The number of hydrogen-bond donors (Lipinski definition) is 0. The van der Waals surface area contributed by atoms with Crippen LogP contribution in [-0.4, -0.2) is 65.0 Å². The van der Waals surface area contributed by atoms with Gasteiger partial charge in [0.1, 0.15) is 6.17 Å². The molecule has 0 amide bonds. The predicted molar refractivity (Wildman–Crippen MR) is 89.0 cm³/mol. The Kier molecular flexibility index (Phi) is 8.51. The zero-order valence-corrected chi connectivity index (χ0v) is 14.1. The lowest BCUT2D eigenvalue weighted by atomic mass is 10.6. The van der Waals surface area contributed by atoms with Crippen LogP contribution in [0.25, 0.3) is 0 Å². The maximum absolute atomic E-state index is 4.63. The van der Waals surface area contributed by atoms with Crippen molar-refractivity contribution in [2.45, 2.75) is 13.1 Å². The van der Waals surface area contributed by atoms with Crippen molar-refractivity contribution in [2.24, 2.45) is 9.98 Å². The van der Waals surface area contributed by atoms with Crippen molar-refractivity contribution >= 4 is 58.7 Å². The van der Waals surface area contributed by atoms with Gasteiger partial charge in [-0.3, -0.25) is 0 Å². The lowest BCUT2D eigenvalue weighted by Crippen LogP contribution is -2.22. The molecular weight excluding hydrogens is 311 g/mol. The molecule has 0 saturated carbocycles. The maximum atomic E-state index is 4.63. The van der Waals surface area contributed by atoms with Gasteiger partial charge in [-0.25, -0.2) is 9.98 Å². The summed E-state index contributed by atoms with van der Waals surface area (Å²) < 4.78 is 0. The summed E-state index contributed by atoms with van der Waals surface area (Å²) in [6.07, 6.45) is 0.0334. The normalized spacial score (nSPS) is 23.8. The van der Waals surface area contributed by atoms with Gasteiger partial charge in [-0.05, 0) is 6.92 Å². The zero-order valence-electron chi connectivity index (χ0n) is 10.8. The Morgan fingerprint density at radius 2 is 1.33 bits per heavy atom. The largest absolute Gasteiger partial charge is 0.354 e. The molecule has 0 aromatic heterocycles. The van der Waals surface area contributed by atoms with Crippen LogP contribution in [0.2, 0.25) is 0 Å². The summed E-state index contributed by atoms with van der Waals surface area (Å²) in [6.45, 7) is 4.25. The van der Waals surface area contributed by atoms with Crippen LogP contribution >= 0.6 is 48.3 Å². The minimum Gasteiger partial charge on any atom is -0.354 e. The molecule has 2 fully saturated rings. The third kappa shape index (κ3) is 4.72. The Labute approximate surface area is 130 Å². The van der Waals surface area contributed by atoms with Crippen LogP contribution in [0.1, 0.15) is 6.92 Å². The van der Waals surface area contributed by atoms with Crippen LogP contribution in [0.4, 0.5) is 0 Å². The number of hydrogen-bond acceptors (Lipinski definition) is 4. The summed E-state index contributed by atoms with van der Waals surface area (Å²) in [7, 11) is 4.18. The number of nitrogens with zero attached hydrogens (tertiary/aromatic N) is 4. The van der Waals surface area contributed by atoms with Crippen molar-refractivity contribution in [1.29, 1.82) is 0 Å². The second kappa shape index (κ2) is 8.40. The molecule has 0 spiro atoms. The van der Waals surface area contributed by atoms with E-state index in [0.717, 1.165) is 34.9 Å². The molecule has 0 unspecified atom stereocenters. The molecule has 2 aliphatic heterocycles. The highest BCUT2D eigenvalue weighted by Crippen LogP contribution is 2.19. The molecule has 0 aromatic carbocycles. The van der Waals surface area contributed by atoms with E-state index in [-0.39, 0.29) is 31.0 Å². The number of aliphatic imine (C=N–C) groups is 2. The van der Waals surface area contributed by atoms with Gasteiger partial charge >= 0.3 is 0 Å². The smallest absolute Gasteiger partial charge is 0.161 e. The molecule has 2 saturated heterocycles. The van der Waals surface area contributed by atoms with E-state index in [1.54, 1.807) is 0 Å². The van der Waals surface area contributed by atoms with Crippen molar-refractivity contribution in [3.05, 3.63) is 0 Å². The first-order chi connectivity index (χ1) is 7.66. The Bertz CT molecular complexity index is 295. The molecule has 0 atom stereocenters. The van der Waals surface area contributed by atoms with Gasteiger partial charge in [-0.1, -0.05) is 23.5 Å². The van der Waals surface area contributed by atoms with E-state index >= 15 is 0 Å². The predicted octanol–water partition coefficient (Wildman–Crippen LogP) is 2.25. The molecule has 8 heteroatoms. The lowest BCUT2D eigenvalue weighted by molar-refractivity contribution is 0.548. The zero-order chi connectivity index (χ0) is 11.5. The first-order valence-electron chi connectivity index (χ1n) is 5.50. The lowest BCUT2D eigenvalue weighted by Gasteiger charge is -2.13. The fourth-order valence-corrected chi connectivity index (χ4v) is 3.75. The first kappa shape index (κ1) is 18.2. The molecule has 0 aromatic rings. The fraction of sp³-hybridized carbons (Fsp3) is 0.800. The number of amidine groups is 2. The van der Waals surface area contributed by atoms with Crippen molar-refractivity contribution < 1.29 is 0 Å². The van der Waals surface area contributed by atoms with E-state index in [4.69, 9.17) is 0 Å². The van der Waals surface area contributed by atoms with Crippen LogP contribution in [0, 0.1) is 0 Å². The molecule has 4 nitrogen and oxygen atoms in total. The molecule has 0 radical (unpaired) electrons. The molecular formula is C10H20Cl2N4S2. The van der Waals surface area contributed by atoms with Crippen LogP contribution < -0.4 is 0 Å². The van der Waals surface area contributed by atoms with E-state index in [9.17, 15) is 0 Å². The molecule has 2 aliphatic rings. The highest BCUT2D eigenvalue weighted by atomic mass is 35.5. The number of halogens is 2. The van der Waals surface area contributed by atoms with Crippen LogP contribution in [0.15, 0.2) is 9.98 Å². The van der Waals surface area contributed by atoms with Crippen LogP contribution in [0.5, 0.6) is 0 Å². The highest BCUT2D eigenvalue weighted by molar-refractivity contribution is 8.14. The van der Waals surface area contributed by atoms with Crippen molar-refractivity contribution in [2.75, 3.05) is 38.7 Å². The van der Waals surface area contributed by atoms with Gasteiger partial charge in [-0.2, -0.15) is 0 Å². The summed E-state index contributed by atoms with van der Waals surface area (Å²) in [4.78, 5) is 13.7. The second-order valence-electron chi connectivity index (χ2n) is 4.00. The Morgan fingerprint density at radius 3 is 1.61 bits per heavy atom. The maximum Gasteiger partial charge on any atom is 0.161 e. The van der Waals surface area contributed by atoms with Crippen LogP contribution in [-0.2, 0) is 0 Å². The SMILES string of the molecule is CC(/N=C1\SCCN1C)/N=C1\SCCN1C.Cl.Cl. The summed E-state index contributed by atoms with van der Waals surface area (Å²) in [6, 6.07) is 0. The first-order valence-corrected chi connectivity index (χ1v) is 7.47. The summed E-state index contributed by atoms with van der Waals surface area (Å²) in [5.74, 6) is 2.29. The topological polar surface area (TPSA) is 31.2 Å². The van der Waals surface area contributed by atoms with Crippen molar-refractivity contribution in [3.63, 3.8) is 0 Å². The fourth-order valence-electron chi connectivity index (χ4n) is 1.58. The van der Waals surface area contributed by atoms with E-state index in [0.29, 0.717) is 0 Å². The van der Waals surface area contributed by atoms with Gasteiger partial charge in [0.25, 0.3) is 0 Å². The van der Waals surface area contributed by atoms with Gasteiger partial charge in [0.05, 0.1) is 0 Å². The van der Waals surface area contributed by atoms with Crippen LogP contribution in [0.3, 0.4) is 0 Å². The summed E-state index contributed by atoms with van der Waals surface area (Å²) in [5, 5.41) is 2.25. The third-order valence-corrected chi connectivity index (χ3v) is 4.69. The molecule has 2 rings (SSSR count). The van der Waals surface area contributed by atoms with E-state index < -0.39 is 0 Å². The average Bonchev–Trinajstić information content (AvgIpc) is 2.79. The van der Waals surface area contributed by atoms with Gasteiger partial charge in [-0.15, -0.1) is 24.8 Å². The Morgan fingerprint density at radius 1 is 0.944 bits per heavy atom. The molecule has 0 bridgehead atoms. The number of thioether (sulfide) groups is 2. The minimum atomic E-state index is 0. The molecule has 106 valence electrons. The van der Waals surface area contributed by atoms with E-state index in [1.165, 1.54) is 0 Å². The van der Waals surface area contributed by atoms with Crippen molar-refractivity contribution in [3.8, 4) is 0 Å². The van der Waals surface area contributed by atoms with E-state index in [1.807, 2.05) is 23.5 Å². The number of rotatable bonds is 2. The van der Waals surface area contributed by atoms with Gasteiger partial charge in [0.15, 0.2) is 10.3 Å². The quantitative estimate of drug-likeness (QED) is 0.777. The van der Waals surface area contributed by atoms with Gasteiger partial charge in [0.2, 0.25) is 0 Å². The Hall–Kier alpha value is 0.220. The molecule has 18 heavy (non-hydrogen) atoms.